The summed E-state index contributed by atoms with van der Waals surface area (Å²) in [5.41, 5.74) is 1.39. The number of hydrogen-bond donors (Lipinski definition) is 2. The first-order valence-corrected chi connectivity index (χ1v) is 10.2. The Morgan fingerprint density at radius 3 is 2.34 bits per heavy atom. The van der Waals surface area contributed by atoms with Gasteiger partial charge in [0.25, 0.3) is 0 Å². The van der Waals surface area contributed by atoms with Crippen molar-refractivity contribution in [2.24, 2.45) is 5.92 Å². The highest BCUT2D eigenvalue weighted by Gasteiger charge is 2.52. The maximum absolute atomic E-state index is 9.55. The third-order valence-electron chi connectivity index (χ3n) is 5.63. The average molecular weight is 403 g/mol. The summed E-state index contributed by atoms with van der Waals surface area (Å²) < 4.78 is 12.5. The van der Waals surface area contributed by atoms with Crippen LogP contribution in [-0.2, 0) is 25.6 Å². The molecular formula is C22H29NO6. The molecule has 4 rings (SSSR count). The van der Waals surface area contributed by atoms with E-state index in [1.807, 2.05) is 0 Å². The van der Waals surface area contributed by atoms with E-state index in [2.05, 4.69) is 35.2 Å². The lowest BCUT2D eigenvalue weighted by molar-refractivity contribution is -0.241. The van der Waals surface area contributed by atoms with E-state index in [0.717, 1.165) is 26.2 Å². The molecule has 0 amide bonds. The third kappa shape index (κ3) is 6.13. The lowest BCUT2D eigenvalue weighted by atomic mass is 9.82. The summed E-state index contributed by atoms with van der Waals surface area (Å²) in [5.74, 6) is -2.23. The summed E-state index contributed by atoms with van der Waals surface area (Å²) >= 11 is 0. The highest BCUT2D eigenvalue weighted by molar-refractivity contribution is 5.89. The minimum absolute atomic E-state index is 0.268. The number of carbonyl (C=O) groups is 2. The molecule has 1 saturated carbocycles. The van der Waals surface area contributed by atoms with E-state index < -0.39 is 11.9 Å². The second kappa shape index (κ2) is 10.0. The Labute approximate surface area is 170 Å². The van der Waals surface area contributed by atoms with Crippen molar-refractivity contribution in [1.82, 2.24) is 4.90 Å². The molecular weight excluding hydrogens is 374 g/mol. The van der Waals surface area contributed by atoms with Crippen molar-refractivity contribution in [2.45, 2.75) is 50.5 Å². The molecule has 0 spiro atoms. The molecule has 2 saturated heterocycles. The van der Waals surface area contributed by atoms with Crippen LogP contribution in [0.2, 0.25) is 0 Å². The van der Waals surface area contributed by atoms with Gasteiger partial charge in [-0.25, -0.2) is 9.59 Å². The molecule has 158 valence electrons. The summed E-state index contributed by atoms with van der Waals surface area (Å²) in [5, 5.41) is 15.6. The zero-order valence-electron chi connectivity index (χ0n) is 16.5. The Bertz CT molecular complexity index is 699. The lowest BCUT2D eigenvalue weighted by Gasteiger charge is -2.44. The zero-order valence-corrected chi connectivity index (χ0v) is 16.5. The number of nitrogens with zero attached hydrogens (tertiary/aromatic N) is 1. The lowest BCUT2D eigenvalue weighted by Crippen LogP contribution is -2.55. The van der Waals surface area contributed by atoms with E-state index in [4.69, 9.17) is 19.7 Å². The number of carboxylic acid groups (broad SMARTS) is 2. The van der Waals surface area contributed by atoms with Crippen LogP contribution in [0.15, 0.2) is 42.5 Å². The van der Waals surface area contributed by atoms with Gasteiger partial charge >= 0.3 is 11.9 Å². The predicted molar refractivity (Wildman–Crippen MR) is 106 cm³/mol. The van der Waals surface area contributed by atoms with E-state index >= 15 is 0 Å². The van der Waals surface area contributed by atoms with Crippen LogP contribution >= 0.6 is 0 Å². The summed E-state index contributed by atoms with van der Waals surface area (Å²) in [4.78, 5) is 21.6. The van der Waals surface area contributed by atoms with Gasteiger partial charge in [-0.3, -0.25) is 4.90 Å². The van der Waals surface area contributed by atoms with E-state index in [0.29, 0.717) is 18.1 Å². The molecule has 2 unspecified atom stereocenters. The Morgan fingerprint density at radius 2 is 1.72 bits per heavy atom. The van der Waals surface area contributed by atoms with Gasteiger partial charge in [0.2, 0.25) is 0 Å². The monoisotopic (exact) mass is 403 g/mol. The topological polar surface area (TPSA) is 96.3 Å². The molecule has 1 aliphatic carbocycles. The number of hydrogen-bond acceptors (Lipinski definition) is 5. The van der Waals surface area contributed by atoms with E-state index in [9.17, 15) is 9.59 Å². The molecule has 1 aromatic rings. The van der Waals surface area contributed by atoms with Gasteiger partial charge in [-0.1, -0.05) is 49.6 Å². The van der Waals surface area contributed by atoms with Gasteiger partial charge in [-0.15, -0.1) is 0 Å². The van der Waals surface area contributed by atoms with Crippen LogP contribution in [0, 0.1) is 5.92 Å². The zero-order chi connectivity index (χ0) is 20.7. The highest BCUT2D eigenvalue weighted by Crippen LogP contribution is 2.43. The molecule has 2 aliphatic heterocycles. The van der Waals surface area contributed by atoms with Crippen LogP contribution < -0.4 is 0 Å². The molecule has 2 atom stereocenters. The summed E-state index contributed by atoms with van der Waals surface area (Å²) in [6.07, 6.45) is 7.97. The minimum Gasteiger partial charge on any atom is -0.478 e. The fraction of sp³-hybridized carbons (Fsp3) is 0.545. The number of ether oxygens (including phenoxy) is 2. The second-order valence-electron chi connectivity index (χ2n) is 7.86. The predicted octanol–water partition coefficient (Wildman–Crippen LogP) is 2.91. The number of benzene rings is 1. The number of carboxylic acids is 2. The largest absolute Gasteiger partial charge is 0.478 e. The first-order chi connectivity index (χ1) is 14.0. The van der Waals surface area contributed by atoms with Crippen molar-refractivity contribution < 1.29 is 29.3 Å². The van der Waals surface area contributed by atoms with Crippen molar-refractivity contribution in [2.75, 3.05) is 19.7 Å². The van der Waals surface area contributed by atoms with Gasteiger partial charge in [-0.2, -0.15) is 0 Å². The van der Waals surface area contributed by atoms with Gasteiger partial charge < -0.3 is 19.7 Å². The van der Waals surface area contributed by atoms with Crippen molar-refractivity contribution in [3.05, 3.63) is 48.0 Å². The number of fused-ring (bicyclic) bond motifs is 2. The molecule has 29 heavy (non-hydrogen) atoms. The van der Waals surface area contributed by atoms with Crippen LogP contribution in [-0.4, -0.2) is 58.6 Å². The molecule has 3 aliphatic rings. The Morgan fingerprint density at radius 1 is 1.07 bits per heavy atom. The fourth-order valence-electron chi connectivity index (χ4n) is 4.41. The van der Waals surface area contributed by atoms with Crippen molar-refractivity contribution in [1.29, 1.82) is 0 Å². The van der Waals surface area contributed by atoms with E-state index in [1.54, 1.807) is 0 Å². The minimum atomic E-state index is -1.26. The van der Waals surface area contributed by atoms with Gasteiger partial charge in [0.15, 0.2) is 5.79 Å². The number of morpholine rings is 1. The fourth-order valence-corrected chi connectivity index (χ4v) is 4.41. The van der Waals surface area contributed by atoms with Crippen LogP contribution in [0.1, 0.15) is 37.7 Å². The molecule has 1 aromatic carbocycles. The normalized spacial score (nSPS) is 27.4. The molecule has 2 heterocycles. The summed E-state index contributed by atoms with van der Waals surface area (Å²) in [6.45, 7) is 3.73. The first kappa shape index (κ1) is 21.5. The van der Waals surface area contributed by atoms with Crippen molar-refractivity contribution in [3.63, 3.8) is 0 Å². The highest BCUT2D eigenvalue weighted by atomic mass is 16.7. The SMILES string of the molecule is O=C(O)/C=C\C(=O)O.c1ccc(CN2CC3COC(C4CCCCC4)(C2)O3)cc1. The van der Waals surface area contributed by atoms with E-state index in [1.165, 1.54) is 37.7 Å². The van der Waals surface area contributed by atoms with Crippen LogP contribution in [0.4, 0.5) is 0 Å². The van der Waals surface area contributed by atoms with E-state index in [-0.39, 0.29) is 11.9 Å². The van der Waals surface area contributed by atoms with Gasteiger partial charge in [-0.05, 0) is 18.4 Å². The molecule has 0 radical (unpaired) electrons. The molecule has 0 aromatic heterocycles. The van der Waals surface area contributed by atoms with Gasteiger partial charge in [0, 0.05) is 31.2 Å². The molecule has 3 fully saturated rings. The van der Waals surface area contributed by atoms with Crippen LogP contribution in [0.25, 0.3) is 0 Å². The summed E-state index contributed by atoms with van der Waals surface area (Å²) in [7, 11) is 0. The second-order valence-corrected chi connectivity index (χ2v) is 7.86. The quantitative estimate of drug-likeness (QED) is 0.730. The van der Waals surface area contributed by atoms with Crippen molar-refractivity contribution in [3.8, 4) is 0 Å². The number of aliphatic carboxylic acids is 2. The maximum Gasteiger partial charge on any atom is 0.328 e. The maximum atomic E-state index is 9.55. The molecule has 2 bridgehead atoms. The third-order valence-corrected chi connectivity index (χ3v) is 5.63. The average Bonchev–Trinajstić information content (AvgIpc) is 3.04. The first-order valence-electron chi connectivity index (χ1n) is 10.2. The molecule has 2 N–H and O–H groups in total. The standard InChI is InChI=1S/C18H25NO2.C4H4O4/c1-3-7-15(8-4-1)11-19-12-17-13-20-18(14-19,21-17)16-9-5-2-6-10-16;5-3(6)1-2-4(7)8/h1,3-4,7-8,16-17H,2,5-6,9-14H2;1-2H,(H,5,6)(H,7,8)/b;2-1-. The number of rotatable bonds is 5. The Balaban J connectivity index is 0.000000258. The van der Waals surface area contributed by atoms with Crippen LogP contribution in [0.5, 0.6) is 0 Å². The van der Waals surface area contributed by atoms with Gasteiger partial charge in [0.1, 0.15) is 0 Å². The summed E-state index contributed by atoms with van der Waals surface area (Å²) in [6, 6.07) is 10.8. The molecule has 7 nitrogen and oxygen atoms in total. The van der Waals surface area contributed by atoms with Crippen LogP contribution in [0.3, 0.4) is 0 Å². The Kier molecular flexibility index (Phi) is 7.41. The molecule has 7 heteroatoms. The van der Waals surface area contributed by atoms with Crippen molar-refractivity contribution >= 4 is 11.9 Å². The Hall–Kier alpha value is -2.22. The smallest absolute Gasteiger partial charge is 0.328 e. The van der Waals surface area contributed by atoms with Gasteiger partial charge in [0.05, 0.1) is 19.3 Å².